The fourth-order valence-corrected chi connectivity index (χ4v) is 1.55. The van der Waals surface area contributed by atoms with Crippen molar-refractivity contribution in [2.45, 2.75) is 13.3 Å². The maximum Gasteiger partial charge on any atom is 0.142 e. The predicted molar refractivity (Wildman–Crippen MR) is 66.6 cm³/mol. The molecule has 84 valence electrons. The van der Waals surface area contributed by atoms with E-state index in [-0.39, 0.29) is 0 Å². The number of aryl methyl sites for hydroxylation is 1. The Bertz CT molecular complexity index is 329. The van der Waals surface area contributed by atoms with Gasteiger partial charge in [-0.15, -0.1) is 11.6 Å². The summed E-state index contributed by atoms with van der Waals surface area (Å²) in [7, 11) is 1.65. The highest BCUT2D eigenvalue weighted by Gasteiger charge is 2.05. The number of benzene rings is 1. The van der Waals surface area contributed by atoms with E-state index in [1.807, 2.05) is 19.1 Å². The van der Waals surface area contributed by atoms with Gasteiger partial charge in [0.25, 0.3) is 0 Å². The first-order chi connectivity index (χ1) is 7.19. The van der Waals surface area contributed by atoms with Gasteiger partial charge < -0.3 is 10.1 Å². The van der Waals surface area contributed by atoms with Gasteiger partial charge in [0.1, 0.15) is 5.75 Å². The third kappa shape index (κ3) is 3.47. The number of hydrogen-bond donors (Lipinski definition) is 1. The molecule has 1 aromatic rings. The second-order valence-electron chi connectivity index (χ2n) is 3.27. The quantitative estimate of drug-likeness (QED) is 0.633. The van der Waals surface area contributed by atoms with Crippen LogP contribution in [0.25, 0.3) is 0 Å². The molecule has 0 bridgehead atoms. The van der Waals surface area contributed by atoms with Crippen molar-refractivity contribution in [3.05, 3.63) is 22.7 Å². The normalized spacial score (nSPS) is 10.1. The molecule has 0 aliphatic heterocycles. The molecule has 0 aliphatic carbocycles. The van der Waals surface area contributed by atoms with Crippen LogP contribution in [0.15, 0.2) is 12.1 Å². The van der Waals surface area contributed by atoms with Crippen LogP contribution in [0, 0.1) is 6.92 Å². The van der Waals surface area contributed by atoms with Gasteiger partial charge in [-0.1, -0.05) is 11.6 Å². The molecule has 0 fully saturated rings. The smallest absolute Gasteiger partial charge is 0.142 e. The zero-order valence-corrected chi connectivity index (χ0v) is 10.5. The van der Waals surface area contributed by atoms with E-state index in [0.717, 1.165) is 35.0 Å². The van der Waals surface area contributed by atoms with E-state index in [9.17, 15) is 0 Å². The van der Waals surface area contributed by atoms with Crippen LogP contribution in [0.3, 0.4) is 0 Å². The van der Waals surface area contributed by atoms with Gasteiger partial charge in [0.05, 0.1) is 12.8 Å². The van der Waals surface area contributed by atoms with Gasteiger partial charge in [0, 0.05) is 17.4 Å². The van der Waals surface area contributed by atoms with Crippen LogP contribution in [0.4, 0.5) is 5.69 Å². The fourth-order valence-electron chi connectivity index (χ4n) is 1.25. The Morgan fingerprint density at radius 3 is 2.73 bits per heavy atom. The van der Waals surface area contributed by atoms with Crippen LogP contribution in [-0.2, 0) is 0 Å². The highest BCUT2D eigenvalue weighted by molar-refractivity contribution is 6.31. The average molecular weight is 248 g/mol. The summed E-state index contributed by atoms with van der Waals surface area (Å²) in [5.74, 6) is 1.46. The van der Waals surface area contributed by atoms with Gasteiger partial charge in [-0.2, -0.15) is 0 Å². The van der Waals surface area contributed by atoms with Crippen LogP contribution < -0.4 is 10.1 Å². The lowest BCUT2D eigenvalue weighted by molar-refractivity contribution is 0.416. The molecule has 1 N–H and O–H groups in total. The SMILES string of the molecule is COc1cc(C)c(Cl)cc1NCCCCl. The number of alkyl halides is 1. The van der Waals surface area contributed by atoms with Crippen molar-refractivity contribution in [1.29, 1.82) is 0 Å². The van der Waals surface area contributed by atoms with Crippen molar-refractivity contribution in [3.63, 3.8) is 0 Å². The molecule has 0 saturated heterocycles. The number of rotatable bonds is 5. The van der Waals surface area contributed by atoms with E-state index in [2.05, 4.69) is 5.32 Å². The lowest BCUT2D eigenvalue weighted by atomic mass is 10.2. The summed E-state index contributed by atoms with van der Waals surface area (Å²) < 4.78 is 5.26. The van der Waals surface area contributed by atoms with Gasteiger partial charge in [-0.25, -0.2) is 0 Å². The molecule has 2 nitrogen and oxygen atoms in total. The van der Waals surface area contributed by atoms with Crippen molar-refractivity contribution in [2.24, 2.45) is 0 Å². The lowest BCUT2D eigenvalue weighted by Crippen LogP contribution is -2.04. The van der Waals surface area contributed by atoms with E-state index in [1.165, 1.54) is 0 Å². The molecular weight excluding hydrogens is 233 g/mol. The van der Waals surface area contributed by atoms with E-state index < -0.39 is 0 Å². The Labute approximate surface area is 101 Å². The number of hydrogen-bond acceptors (Lipinski definition) is 2. The van der Waals surface area contributed by atoms with Crippen LogP contribution in [0.1, 0.15) is 12.0 Å². The number of anilines is 1. The van der Waals surface area contributed by atoms with E-state index in [4.69, 9.17) is 27.9 Å². The summed E-state index contributed by atoms with van der Waals surface area (Å²) in [6, 6.07) is 3.80. The zero-order chi connectivity index (χ0) is 11.3. The Morgan fingerprint density at radius 1 is 1.40 bits per heavy atom. The molecule has 4 heteroatoms. The molecule has 1 rings (SSSR count). The van der Waals surface area contributed by atoms with Crippen molar-refractivity contribution in [2.75, 3.05) is 24.9 Å². The average Bonchev–Trinajstić information content (AvgIpc) is 2.23. The second kappa shape index (κ2) is 6.09. The summed E-state index contributed by atoms with van der Waals surface area (Å²) in [6.45, 7) is 2.77. The summed E-state index contributed by atoms with van der Waals surface area (Å²) in [5.41, 5.74) is 1.93. The lowest BCUT2D eigenvalue weighted by Gasteiger charge is -2.12. The van der Waals surface area contributed by atoms with Gasteiger partial charge in [-0.05, 0) is 31.0 Å². The number of halogens is 2. The molecule has 15 heavy (non-hydrogen) atoms. The minimum absolute atomic E-state index is 0.648. The minimum Gasteiger partial charge on any atom is -0.495 e. The Morgan fingerprint density at radius 2 is 2.13 bits per heavy atom. The van der Waals surface area contributed by atoms with Crippen LogP contribution in [-0.4, -0.2) is 19.5 Å². The first kappa shape index (κ1) is 12.5. The van der Waals surface area contributed by atoms with Crippen LogP contribution >= 0.6 is 23.2 Å². The van der Waals surface area contributed by atoms with Gasteiger partial charge in [0.2, 0.25) is 0 Å². The van der Waals surface area contributed by atoms with Crippen LogP contribution in [0.2, 0.25) is 5.02 Å². The third-order valence-electron chi connectivity index (χ3n) is 2.11. The number of ether oxygens (including phenoxy) is 1. The number of nitrogens with one attached hydrogen (secondary N) is 1. The Balaban J connectivity index is 2.80. The standard InChI is InChI=1S/C11H15Cl2NO/c1-8-6-11(15-2)10(7-9(8)13)14-5-3-4-12/h6-7,14H,3-5H2,1-2H3. The maximum absolute atomic E-state index is 6.03. The summed E-state index contributed by atoms with van der Waals surface area (Å²) in [4.78, 5) is 0. The van der Waals surface area contributed by atoms with Crippen molar-refractivity contribution >= 4 is 28.9 Å². The molecule has 1 aromatic carbocycles. The summed E-state index contributed by atoms with van der Waals surface area (Å²) in [6.07, 6.45) is 0.913. The first-order valence-electron chi connectivity index (χ1n) is 4.83. The molecule has 0 amide bonds. The molecule has 0 aliphatic rings. The van der Waals surface area contributed by atoms with Crippen molar-refractivity contribution in [3.8, 4) is 5.75 Å². The van der Waals surface area contributed by atoms with E-state index in [1.54, 1.807) is 7.11 Å². The highest BCUT2D eigenvalue weighted by Crippen LogP contribution is 2.30. The highest BCUT2D eigenvalue weighted by atomic mass is 35.5. The molecule has 0 radical (unpaired) electrons. The molecule has 0 spiro atoms. The summed E-state index contributed by atoms with van der Waals surface area (Å²) in [5, 5.41) is 3.98. The molecule has 0 atom stereocenters. The zero-order valence-electron chi connectivity index (χ0n) is 8.94. The Hall–Kier alpha value is -0.600. The topological polar surface area (TPSA) is 21.3 Å². The van der Waals surface area contributed by atoms with Gasteiger partial charge in [0.15, 0.2) is 0 Å². The molecule has 0 unspecified atom stereocenters. The van der Waals surface area contributed by atoms with Crippen LogP contribution in [0.5, 0.6) is 5.75 Å². The Kier molecular flexibility index (Phi) is 5.06. The van der Waals surface area contributed by atoms with Crippen molar-refractivity contribution < 1.29 is 4.74 Å². The first-order valence-corrected chi connectivity index (χ1v) is 5.74. The third-order valence-corrected chi connectivity index (χ3v) is 2.78. The van der Waals surface area contributed by atoms with E-state index in [0.29, 0.717) is 5.88 Å². The monoisotopic (exact) mass is 247 g/mol. The fraction of sp³-hybridized carbons (Fsp3) is 0.455. The largest absolute Gasteiger partial charge is 0.495 e. The maximum atomic E-state index is 6.03. The van der Waals surface area contributed by atoms with Gasteiger partial charge >= 0.3 is 0 Å². The molecule has 0 heterocycles. The molecular formula is C11H15Cl2NO. The number of methoxy groups -OCH3 is 1. The molecule has 0 aromatic heterocycles. The summed E-state index contributed by atoms with van der Waals surface area (Å²) >= 11 is 11.6. The van der Waals surface area contributed by atoms with Gasteiger partial charge in [-0.3, -0.25) is 0 Å². The molecule has 0 saturated carbocycles. The van der Waals surface area contributed by atoms with E-state index >= 15 is 0 Å². The predicted octanol–water partition coefficient (Wildman–Crippen LogP) is 3.70. The second-order valence-corrected chi connectivity index (χ2v) is 4.06. The minimum atomic E-state index is 0.648. The van der Waals surface area contributed by atoms with Crippen molar-refractivity contribution in [1.82, 2.24) is 0 Å².